The molecular formula is C15H15FN2O2. The van der Waals surface area contributed by atoms with E-state index in [1.165, 1.54) is 12.1 Å². The summed E-state index contributed by atoms with van der Waals surface area (Å²) in [6.45, 7) is 0.682. The predicted molar refractivity (Wildman–Crippen MR) is 75.1 cm³/mol. The number of nitrogens with two attached hydrogens (primary N) is 1. The van der Waals surface area contributed by atoms with E-state index in [4.69, 9.17) is 10.5 Å². The van der Waals surface area contributed by atoms with Crippen molar-refractivity contribution in [2.45, 2.75) is 0 Å². The van der Waals surface area contributed by atoms with Crippen LogP contribution in [0.4, 0.5) is 10.1 Å². The van der Waals surface area contributed by atoms with Crippen LogP contribution in [0, 0.1) is 5.82 Å². The highest BCUT2D eigenvalue weighted by Gasteiger charge is 2.09. The molecule has 104 valence electrons. The van der Waals surface area contributed by atoms with Gasteiger partial charge in [-0.15, -0.1) is 0 Å². The van der Waals surface area contributed by atoms with E-state index in [0.717, 1.165) is 11.8 Å². The number of amides is 1. The van der Waals surface area contributed by atoms with Crippen LogP contribution >= 0.6 is 0 Å². The Morgan fingerprint density at radius 2 is 1.95 bits per heavy atom. The maximum atomic E-state index is 12.9. The van der Waals surface area contributed by atoms with Gasteiger partial charge in [0.25, 0.3) is 5.91 Å². The van der Waals surface area contributed by atoms with Crippen molar-refractivity contribution in [1.29, 1.82) is 0 Å². The standard InChI is InChI=1S/C15H15FN2O2/c16-11-6-7-13(14(17)10-11)15(19)18-8-9-20-12-4-2-1-3-5-12/h1-7,10H,8-9,17H2,(H,18,19). The molecular weight excluding hydrogens is 259 g/mol. The first-order valence-corrected chi connectivity index (χ1v) is 6.18. The third-order valence-corrected chi connectivity index (χ3v) is 2.66. The van der Waals surface area contributed by atoms with E-state index in [-0.39, 0.29) is 17.2 Å². The van der Waals surface area contributed by atoms with Crippen LogP contribution in [0.3, 0.4) is 0 Å². The summed E-state index contributed by atoms with van der Waals surface area (Å²) < 4.78 is 18.3. The second-order valence-electron chi connectivity index (χ2n) is 4.15. The van der Waals surface area contributed by atoms with Gasteiger partial charge >= 0.3 is 0 Å². The molecule has 0 spiro atoms. The summed E-state index contributed by atoms with van der Waals surface area (Å²) in [6.07, 6.45) is 0. The SMILES string of the molecule is Nc1cc(F)ccc1C(=O)NCCOc1ccccc1. The van der Waals surface area contributed by atoms with Crippen molar-refractivity contribution in [2.24, 2.45) is 0 Å². The number of halogens is 1. The highest BCUT2D eigenvalue weighted by molar-refractivity contribution is 5.99. The minimum absolute atomic E-state index is 0.117. The van der Waals surface area contributed by atoms with Gasteiger partial charge in [-0.1, -0.05) is 18.2 Å². The van der Waals surface area contributed by atoms with E-state index in [2.05, 4.69) is 5.32 Å². The number of hydrogen-bond donors (Lipinski definition) is 2. The molecule has 20 heavy (non-hydrogen) atoms. The molecule has 3 N–H and O–H groups in total. The van der Waals surface area contributed by atoms with Crippen molar-refractivity contribution in [3.05, 3.63) is 59.9 Å². The molecule has 2 rings (SSSR count). The Labute approximate surface area is 116 Å². The largest absolute Gasteiger partial charge is 0.492 e. The van der Waals surface area contributed by atoms with Gasteiger partial charge in [0, 0.05) is 5.69 Å². The number of benzene rings is 2. The van der Waals surface area contributed by atoms with Gasteiger partial charge < -0.3 is 15.8 Å². The molecule has 0 unspecified atom stereocenters. The van der Waals surface area contributed by atoms with Crippen molar-refractivity contribution in [2.75, 3.05) is 18.9 Å². The summed E-state index contributed by atoms with van der Waals surface area (Å²) in [5, 5.41) is 2.66. The summed E-state index contributed by atoms with van der Waals surface area (Å²) in [7, 11) is 0. The van der Waals surface area contributed by atoms with E-state index in [9.17, 15) is 9.18 Å². The molecule has 0 fully saturated rings. The quantitative estimate of drug-likeness (QED) is 0.649. The van der Waals surface area contributed by atoms with Crippen LogP contribution < -0.4 is 15.8 Å². The lowest BCUT2D eigenvalue weighted by Crippen LogP contribution is -2.28. The first-order chi connectivity index (χ1) is 9.66. The smallest absolute Gasteiger partial charge is 0.253 e. The number of carbonyl (C=O) groups excluding carboxylic acids is 1. The third-order valence-electron chi connectivity index (χ3n) is 2.66. The normalized spacial score (nSPS) is 10.1. The van der Waals surface area contributed by atoms with Crippen molar-refractivity contribution in [3.8, 4) is 5.75 Å². The van der Waals surface area contributed by atoms with E-state index >= 15 is 0 Å². The van der Waals surface area contributed by atoms with E-state index in [1.807, 2.05) is 30.3 Å². The van der Waals surface area contributed by atoms with Gasteiger partial charge in [-0.05, 0) is 30.3 Å². The van der Waals surface area contributed by atoms with Gasteiger partial charge in [0.05, 0.1) is 12.1 Å². The Hall–Kier alpha value is -2.56. The number of para-hydroxylation sites is 1. The lowest BCUT2D eigenvalue weighted by Gasteiger charge is -2.09. The maximum Gasteiger partial charge on any atom is 0.253 e. The molecule has 0 aromatic heterocycles. The Morgan fingerprint density at radius 1 is 1.20 bits per heavy atom. The topological polar surface area (TPSA) is 64.4 Å². The highest BCUT2D eigenvalue weighted by atomic mass is 19.1. The molecule has 0 saturated heterocycles. The van der Waals surface area contributed by atoms with Crippen LogP contribution in [-0.2, 0) is 0 Å². The molecule has 0 radical (unpaired) electrons. The van der Waals surface area contributed by atoms with Gasteiger partial charge in [0.1, 0.15) is 18.2 Å². The minimum atomic E-state index is -0.466. The van der Waals surface area contributed by atoms with Crippen LogP contribution in [0.1, 0.15) is 10.4 Å². The fraction of sp³-hybridized carbons (Fsp3) is 0.133. The van der Waals surface area contributed by atoms with Crippen molar-refractivity contribution < 1.29 is 13.9 Å². The van der Waals surface area contributed by atoms with Crippen molar-refractivity contribution in [1.82, 2.24) is 5.32 Å². The number of rotatable bonds is 5. The third kappa shape index (κ3) is 3.71. The van der Waals surface area contributed by atoms with Crippen molar-refractivity contribution in [3.63, 3.8) is 0 Å². The molecule has 0 aliphatic heterocycles. The Balaban J connectivity index is 1.80. The molecule has 0 aliphatic rings. The minimum Gasteiger partial charge on any atom is -0.492 e. The molecule has 0 saturated carbocycles. The summed E-state index contributed by atoms with van der Waals surface area (Å²) in [5.74, 6) is -0.0753. The Bertz CT molecular complexity index is 588. The van der Waals surface area contributed by atoms with Crippen LogP contribution in [-0.4, -0.2) is 19.1 Å². The maximum absolute atomic E-state index is 12.9. The monoisotopic (exact) mass is 274 g/mol. The average Bonchev–Trinajstić information content (AvgIpc) is 2.44. The lowest BCUT2D eigenvalue weighted by atomic mass is 10.1. The Morgan fingerprint density at radius 3 is 2.65 bits per heavy atom. The summed E-state index contributed by atoms with van der Waals surface area (Å²) in [5.41, 5.74) is 5.96. The fourth-order valence-electron chi connectivity index (χ4n) is 1.69. The van der Waals surface area contributed by atoms with Crippen LogP contribution in [0.25, 0.3) is 0 Å². The summed E-state index contributed by atoms with van der Waals surface area (Å²) in [4.78, 5) is 11.8. The first-order valence-electron chi connectivity index (χ1n) is 6.18. The molecule has 2 aromatic carbocycles. The zero-order valence-electron chi connectivity index (χ0n) is 10.8. The van der Waals surface area contributed by atoms with Gasteiger partial charge in [-0.25, -0.2) is 4.39 Å². The van der Waals surface area contributed by atoms with Crippen LogP contribution in [0.5, 0.6) is 5.75 Å². The molecule has 4 nitrogen and oxygen atoms in total. The van der Waals surface area contributed by atoms with Crippen molar-refractivity contribution >= 4 is 11.6 Å². The molecule has 0 heterocycles. The predicted octanol–water partition coefficient (Wildman–Crippen LogP) is 2.22. The first kappa shape index (κ1) is 13.9. The molecule has 1 amide bonds. The molecule has 0 aliphatic carbocycles. The van der Waals surface area contributed by atoms with Gasteiger partial charge in [-0.3, -0.25) is 4.79 Å². The summed E-state index contributed by atoms with van der Waals surface area (Å²) >= 11 is 0. The Kier molecular flexibility index (Phi) is 4.55. The number of nitrogens with one attached hydrogen (secondary N) is 1. The van der Waals surface area contributed by atoms with Gasteiger partial charge in [0.2, 0.25) is 0 Å². The molecule has 0 atom stereocenters. The number of anilines is 1. The second kappa shape index (κ2) is 6.56. The van der Waals surface area contributed by atoms with Gasteiger partial charge in [0.15, 0.2) is 0 Å². The summed E-state index contributed by atoms with van der Waals surface area (Å²) in [6, 6.07) is 13.0. The lowest BCUT2D eigenvalue weighted by molar-refractivity contribution is 0.0948. The molecule has 2 aromatic rings. The average molecular weight is 274 g/mol. The number of ether oxygens (including phenoxy) is 1. The second-order valence-corrected chi connectivity index (χ2v) is 4.15. The van der Waals surface area contributed by atoms with E-state index in [1.54, 1.807) is 0 Å². The number of nitrogen functional groups attached to an aromatic ring is 1. The number of hydrogen-bond acceptors (Lipinski definition) is 3. The highest BCUT2D eigenvalue weighted by Crippen LogP contribution is 2.13. The van der Waals surface area contributed by atoms with E-state index < -0.39 is 5.82 Å². The molecule has 5 heteroatoms. The van der Waals surface area contributed by atoms with Crippen LogP contribution in [0.2, 0.25) is 0 Å². The van der Waals surface area contributed by atoms with E-state index in [0.29, 0.717) is 13.2 Å². The number of carbonyl (C=O) groups is 1. The zero-order chi connectivity index (χ0) is 14.4. The molecule has 0 bridgehead atoms. The van der Waals surface area contributed by atoms with Gasteiger partial charge in [-0.2, -0.15) is 0 Å². The van der Waals surface area contributed by atoms with Crippen LogP contribution in [0.15, 0.2) is 48.5 Å². The zero-order valence-corrected chi connectivity index (χ0v) is 10.8. The fourth-order valence-corrected chi connectivity index (χ4v) is 1.69.